The highest BCUT2D eigenvalue weighted by atomic mass is 32.2. The third-order valence-electron chi connectivity index (χ3n) is 4.46. The van der Waals surface area contributed by atoms with Crippen LogP contribution in [0.4, 0.5) is 5.82 Å². The molecule has 10 heteroatoms. The first kappa shape index (κ1) is 17.8. The molecule has 1 aliphatic rings. The van der Waals surface area contributed by atoms with Crippen molar-refractivity contribution in [2.45, 2.75) is 19.4 Å². The van der Waals surface area contributed by atoms with E-state index in [0.717, 1.165) is 17.1 Å². The van der Waals surface area contributed by atoms with Crippen molar-refractivity contribution < 1.29 is 13.2 Å². The van der Waals surface area contributed by atoms with Gasteiger partial charge in [0.15, 0.2) is 9.84 Å². The molecule has 1 N–H and O–H groups in total. The average Bonchev–Trinajstić information content (AvgIpc) is 3.34. The van der Waals surface area contributed by atoms with Gasteiger partial charge < -0.3 is 5.32 Å². The highest BCUT2D eigenvalue weighted by Crippen LogP contribution is 2.30. The van der Waals surface area contributed by atoms with E-state index in [9.17, 15) is 13.2 Å². The van der Waals surface area contributed by atoms with Crippen molar-refractivity contribution >= 4 is 33.1 Å². The van der Waals surface area contributed by atoms with Gasteiger partial charge in [-0.3, -0.25) is 4.79 Å². The fourth-order valence-corrected chi connectivity index (χ4v) is 5.34. The summed E-state index contributed by atoms with van der Waals surface area (Å²) in [7, 11) is -3.09. The summed E-state index contributed by atoms with van der Waals surface area (Å²) in [5, 5.41) is 11.3. The summed E-state index contributed by atoms with van der Waals surface area (Å²) in [5.41, 5.74) is 2.12. The number of nitrogens with one attached hydrogen (secondary N) is 1. The molecule has 1 amide bonds. The first-order chi connectivity index (χ1) is 12.9. The van der Waals surface area contributed by atoms with Gasteiger partial charge in [0.25, 0.3) is 5.91 Å². The summed E-state index contributed by atoms with van der Waals surface area (Å²) in [6.45, 7) is 1.72. The van der Waals surface area contributed by atoms with Crippen LogP contribution in [0, 0.1) is 6.92 Å². The summed E-state index contributed by atoms with van der Waals surface area (Å²) < 4.78 is 29.2. The third-order valence-corrected chi connectivity index (χ3v) is 7.04. The predicted molar refractivity (Wildman–Crippen MR) is 103 cm³/mol. The molecule has 1 fully saturated rings. The zero-order valence-electron chi connectivity index (χ0n) is 14.5. The van der Waals surface area contributed by atoms with Crippen molar-refractivity contribution in [1.82, 2.24) is 19.4 Å². The third kappa shape index (κ3) is 3.62. The van der Waals surface area contributed by atoms with Crippen LogP contribution in [0.15, 0.2) is 36.4 Å². The molecule has 0 saturated carbocycles. The second-order valence-corrected chi connectivity index (χ2v) is 9.41. The molecule has 0 radical (unpaired) electrons. The van der Waals surface area contributed by atoms with Crippen LogP contribution in [0.25, 0.3) is 11.3 Å². The molecular weight excluding hydrogens is 386 g/mol. The molecular formula is C17H17N5O3S2. The van der Waals surface area contributed by atoms with Gasteiger partial charge in [-0.25, -0.2) is 13.1 Å². The molecule has 0 bridgehead atoms. The Bertz CT molecular complexity index is 1090. The normalized spacial score (nSPS) is 18.5. The topological polar surface area (TPSA) is 107 Å². The van der Waals surface area contributed by atoms with Crippen molar-refractivity contribution in [2.24, 2.45) is 0 Å². The Labute approximate surface area is 160 Å². The number of amides is 1. The maximum absolute atomic E-state index is 12.6. The number of carbonyl (C=O) groups is 1. The molecule has 0 spiro atoms. The van der Waals surface area contributed by atoms with Gasteiger partial charge in [-0.15, -0.1) is 5.10 Å². The largest absolute Gasteiger partial charge is 0.306 e. The van der Waals surface area contributed by atoms with Crippen LogP contribution in [0.2, 0.25) is 0 Å². The molecule has 3 aromatic rings. The molecule has 27 heavy (non-hydrogen) atoms. The molecule has 1 unspecified atom stereocenters. The van der Waals surface area contributed by atoms with E-state index in [2.05, 4.69) is 20.0 Å². The van der Waals surface area contributed by atoms with E-state index in [4.69, 9.17) is 0 Å². The Morgan fingerprint density at radius 3 is 2.70 bits per heavy atom. The number of sulfone groups is 1. The van der Waals surface area contributed by atoms with Crippen molar-refractivity contribution in [3.05, 3.63) is 47.0 Å². The monoisotopic (exact) mass is 403 g/mol. The van der Waals surface area contributed by atoms with E-state index >= 15 is 0 Å². The second-order valence-electron chi connectivity index (χ2n) is 6.42. The van der Waals surface area contributed by atoms with Crippen LogP contribution in [0.1, 0.15) is 27.8 Å². The maximum Gasteiger partial charge on any atom is 0.270 e. The average molecular weight is 403 g/mol. The van der Waals surface area contributed by atoms with Crippen LogP contribution in [0.5, 0.6) is 0 Å². The zero-order valence-corrected chi connectivity index (χ0v) is 16.1. The number of benzene rings is 1. The summed E-state index contributed by atoms with van der Waals surface area (Å²) in [6, 6.07) is 11.0. The van der Waals surface area contributed by atoms with Crippen LogP contribution >= 0.6 is 11.5 Å². The summed E-state index contributed by atoms with van der Waals surface area (Å²) in [5.74, 6) is 0.286. The summed E-state index contributed by atoms with van der Waals surface area (Å²) >= 11 is 1.02. The number of nitrogens with zero attached hydrogens (tertiary/aromatic N) is 4. The number of aromatic nitrogens is 4. The van der Waals surface area contributed by atoms with Gasteiger partial charge in [0, 0.05) is 11.6 Å². The molecule has 1 aromatic carbocycles. The van der Waals surface area contributed by atoms with Crippen LogP contribution in [-0.4, -0.2) is 45.2 Å². The number of anilines is 1. The highest BCUT2D eigenvalue weighted by molar-refractivity contribution is 7.91. The van der Waals surface area contributed by atoms with Crippen LogP contribution in [0.3, 0.4) is 0 Å². The zero-order chi connectivity index (χ0) is 19.0. The lowest BCUT2D eigenvalue weighted by Crippen LogP contribution is -2.19. The standard InChI is InChI=1S/C17H17N5O3S2/c1-11-16(26-21-19-11)17(23)18-15-9-14(12-5-3-2-4-6-12)20-22(15)13-7-8-27(24,25)10-13/h2-6,9,13H,7-8,10H2,1H3,(H,18,23). The van der Waals surface area contributed by atoms with E-state index in [1.54, 1.807) is 17.7 Å². The van der Waals surface area contributed by atoms with Gasteiger partial charge in [-0.1, -0.05) is 34.8 Å². The smallest absolute Gasteiger partial charge is 0.270 e. The lowest BCUT2D eigenvalue weighted by Gasteiger charge is -2.13. The Morgan fingerprint density at radius 1 is 1.30 bits per heavy atom. The molecule has 8 nitrogen and oxygen atoms in total. The number of hydrogen-bond acceptors (Lipinski definition) is 7. The Morgan fingerprint density at radius 2 is 2.07 bits per heavy atom. The van der Waals surface area contributed by atoms with Gasteiger partial charge in [-0.2, -0.15) is 5.10 Å². The fourth-order valence-electron chi connectivity index (χ4n) is 3.10. The van der Waals surface area contributed by atoms with Crippen molar-refractivity contribution in [3.63, 3.8) is 0 Å². The molecule has 1 saturated heterocycles. The molecule has 1 aliphatic heterocycles. The van der Waals surface area contributed by atoms with Gasteiger partial charge in [0.2, 0.25) is 0 Å². The number of hydrogen-bond donors (Lipinski definition) is 1. The van der Waals surface area contributed by atoms with E-state index in [-0.39, 0.29) is 23.5 Å². The maximum atomic E-state index is 12.6. The number of aryl methyl sites for hydroxylation is 1. The van der Waals surface area contributed by atoms with Gasteiger partial charge in [-0.05, 0) is 24.9 Å². The predicted octanol–water partition coefficient (Wildman–Crippen LogP) is 2.32. The molecule has 3 heterocycles. The van der Waals surface area contributed by atoms with E-state index < -0.39 is 9.84 Å². The molecule has 140 valence electrons. The lowest BCUT2D eigenvalue weighted by molar-refractivity contribution is 0.102. The van der Waals surface area contributed by atoms with Crippen molar-refractivity contribution in [2.75, 3.05) is 16.8 Å². The van der Waals surface area contributed by atoms with E-state index in [0.29, 0.717) is 28.5 Å². The van der Waals surface area contributed by atoms with Gasteiger partial charge in [0.05, 0.1) is 28.9 Å². The SMILES string of the molecule is Cc1nnsc1C(=O)Nc1cc(-c2ccccc2)nn1C1CCS(=O)(=O)C1. The quantitative estimate of drug-likeness (QED) is 0.716. The first-order valence-electron chi connectivity index (χ1n) is 8.39. The molecule has 4 rings (SSSR count). The molecule has 2 aromatic heterocycles. The minimum Gasteiger partial charge on any atom is -0.306 e. The Kier molecular flexibility index (Phi) is 4.52. The number of rotatable bonds is 4. The lowest BCUT2D eigenvalue weighted by atomic mass is 10.1. The van der Waals surface area contributed by atoms with Crippen molar-refractivity contribution in [1.29, 1.82) is 0 Å². The molecule has 1 atom stereocenters. The summed E-state index contributed by atoms with van der Waals surface area (Å²) in [6.07, 6.45) is 0.474. The Hall–Kier alpha value is -2.59. The number of carbonyl (C=O) groups excluding carboxylic acids is 1. The van der Waals surface area contributed by atoms with Crippen molar-refractivity contribution in [3.8, 4) is 11.3 Å². The second kappa shape index (κ2) is 6.86. The fraction of sp³-hybridized carbons (Fsp3) is 0.294. The van der Waals surface area contributed by atoms with E-state index in [1.165, 1.54) is 0 Å². The molecule has 0 aliphatic carbocycles. The van der Waals surface area contributed by atoms with Gasteiger partial charge in [0.1, 0.15) is 10.7 Å². The highest BCUT2D eigenvalue weighted by Gasteiger charge is 2.32. The van der Waals surface area contributed by atoms with Crippen LogP contribution < -0.4 is 5.32 Å². The minimum atomic E-state index is -3.09. The van der Waals surface area contributed by atoms with Crippen LogP contribution in [-0.2, 0) is 9.84 Å². The van der Waals surface area contributed by atoms with E-state index in [1.807, 2.05) is 30.3 Å². The minimum absolute atomic E-state index is 0.0208. The first-order valence-corrected chi connectivity index (χ1v) is 11.0. The Balaban J connectivity index is 1.71. The van der Waals surface area contributed by atoms with Gasteiger partial charge >= 0.3 is 0 Å². The summed E-state index contributed by atoms with van der Waals surface area (Å²) in [4.78, 5) is 13.0.